The number of benzene rings is 2. The van der Waals surface area contributed by atoms with E-state index in [4.69, 9.17) is 34.2 Å². The molecule has 1 fully saturated rings. The Morgan fingerprint density at radius 3 is 1.88 bits per heavy atom. The van der Waals surface area contributed by atoms with E-state index in [1.165, 1.54) is 14.2 Å². The van der Waals surface area contributed by atoms with Crippen LogP contribution in [0.2, 0.25) is 0 Å². The molecule has 3 N–H and O–H groups in total. The van der Waals surface area contributed by atoms with E-state index in [9.17, 15) is 5.11 Å². The molecule has 0 radical (unpaired) electrons. The summed E-state index contributed by atoms with van der Waals surface area (Å²) in [6.45, 7) is 0.535. The minimum absolute atomic E-state index is 0.00241. The van der Waals surface area contributed by atoms with Crippen LogP contribution in [0.25, 0.3) is 0 Å². The van der Waals surface area contributed by atoms with Crippen molar-refractivity contribution in [2.45, 2.75) is 43.2 Å². The molecular formula is C24H33NO7. The van der Waals surface area contributed by atoms with Crippen molar-refractivity contribution in [3.05, 3.63) is 71.8 Å². The summed E-state index contributed by atoms with van der Waals surface area (Å²) >= 11 is 0. The van der Waals surface area contributed by atoms with E-state index in [-0.39, 0.29) is 26.8 Å². The van der Waals surface area contributed by atoms with Crippen molar-refractivity contribution < 1.29 is 33.5 Å². The van der Waals surface area contributed by atoms with Crippen LogP contribution in [0.3, 0.4) is 0 Å². The normalized spacial score (nSPS) is 27.6. The fourth-order valence-corrected chi connectivity index (χ4v) is 3.89. The molecular weight excluding hydrogens is 414 g/mol. The summed E-state index contributed by atoms with van der Waals surface area (Å²) < 4.78 is 33.9. The predicted octanol–water partition coefficient (Wildman–Crippen LogP) is 1.84. The minimum Gasteiger partial charge on any atom is -0.383 e. The molecule has 8 heteroatoms. The third-order valence-corrected chi connectivity index (χ3v) is 5.52. The maximum absolute atomic E-state index is 11.7. The highest BCUT2D eigenvalue weighted by Crippen LogP contribution is 2.37. The average Bonchev–Trinajstić information content (AvgIpc) is 3.02. The summed E-state index contributed by atoms with van der Waals surface area (Å²) in [5, 5.41) is 11.7. The molecule has 8 nitrogen and oxygen atoms in total. The zero-order valence-electron chi connectivity index (χ0n) is 18.6. The molecule has 0 unspecified atom stereocenters. The van der Waals surface area contributed by atoms with Crippen LogP contribution in [0.1, 0.15) is 11.1 Å². The summed E-state index contributed by atoms with van der Waals surface area (Å²) in [6, 6.07) is 18.6. The van der Waals surface area contributed by atoms with E-state index >= 15 is 0 Å². The number of nitrogens with two attached hydrogens (primary N) is 1. The Bertz CT molecular complexity index is 778. The smallest absolute Gasteiger partial charge is 0.146 e. The Balaban J connectivity index is 1.79. The molecule has 2 aromatic rings. The van der Waals surface area contributed by atoms with Crippen LogP contribution < -0.4 is 5.73 Å². The highest BCUT2D eigenvalue weighted by atomic mass is 16.7. The minimum atomic E-state index is -1.56. The summed E-state index contributed by atoms with van der Waals surface area (Å²) in [5.74, 6) is 0. The first-order chi connectivity index (χ1) is 15.6. The number of rotatable bonds is 13. The van der Waals surface area contributed by atoms with Crippen LogP contribution in [0.5, 0.6) is 0 Å². The van der Waals surface area contributed by atoms with Crippen LogP contribution in [0.4, 0.5) is 0 Å². The summed E-state index contributed by atoms with van der Waals surface area (Å²) in [4.78, 5) is 0. The Morgan fingerprint density at radius 1 is 0.781 bits per heavy atom. The zero-order chi connectivity index (χ0) is 22.8. The first-order valence-corrected chi connectivity index (χ1v) is 10.6. The summed E-state index contributed by atoms with van der Waals surface area (Å²) in [5.41, 5.74) is 6.88. The maximum Gasteiger partial charge on any atom is 0.146 e. The van der Waals surface area contributed by atoms with Crippen molar-refractivity contribution >= 4 is 0 Å². The number of ether oxygens (including phenoxy) is 6. The lowest BCUT2D eigenvalue weighted by atomic mass is 9.96. The van der Waals surface area contributed by atoms with Gasteiger partial charge in [0, 0.05) is 14.2 Å². The lowest BCUT2D eigenvalue weighted by Crippen LogP contribution is -2.57. The van der Waals surface area contributed by atoms with Crippen molar-refractivity contribution in [3.8, 4) is 0 Å². The molecule has 0 spiro atoms. The number of hydrogen-bond donors (Lipinski definition) is 2. The van der Waals surface area contributed by atoms with E-state index in [0.717, 1.165) is 11.1 Å². The molecule has 2 aromatic carbocycles. The van der Waals surface area contributed by atoms with Gasteiger partial charge in [-0.2, -0.15) is 0 Å². The van der Waals surface area contributed by atoms with Crippen molar-refractivity contribution in [1.29, 1.82) is 0 Å². The Kier molecular flexibility index (Phi) is 9.58. The lowest BCUT2D eigenvalue weighted by Gasteiger charge is -2.34. The molecule has 0 amide bonds. The molecule has 0 saturated heterocycles. The second kappa shape index (κ2) is 12.4. The van der Waals surface area contributed by atoms with E-state index in [0.29, 0.717) is 6.61 Å². The number of hydrogen-bond acceptors (Lipinski definition) is 8. The van der Waals surface area contributed by atoms with Crippen LogP contribution in [-0.2, 0) is 41.6 Å². The van der Waals surface area contributed by atoms with Gasteiger partial charge in [0.1, 0.15) is 37.5 Å². The monoisotopic (exact) mass is 447 g/mol. The van der Waals surface area contributed by atoms with Gasteiger partial charge in [-0.05, 0) is 11.1 Å². The highest BCUT2D eigenvalue weighted by Gasteiger charge is 2.61. The van der Waals surface area contributed by atoms with Crippen molar-refractivity contribution in [2.75, 3.05) is 34.4 Å². The molecule has 0 bridgehead atoms. The molecule has 1 aliphatic carbocycles. The van der Waals surface area contributed by atoms with Crippen LogP contribution in [0.15, 0.2) is 60.7 Å². The molecule has 1 saturated carbocycles. The van der Waals surface area contributed by atoms with Gasteiger partial charge in [0.2, 0.25) is 0 Å². The van der Waals surface area contributed by atoms with Gasteiger partial charge < -0.3 is 39.3 Å². The maximum atomic E-state index is 11.7. The van der Waals surface area contributed by atoms with Gasteiger partial charge in [-0.3, -0.25) is 0 Å². The fraction of sp³-hybridized carbons (Fsp3) is 0.500. The van der Waals surface area contributed by atoms with Crippen LogP contribution in [0, 0.1) is 0 Å². The zero-order valence-corrected chi connectivity index (χ0v) is 18.6. The molecule has 1 aliphatic rings. The average molecular weight is 448 g/mol. The molecule has 0 aromatic heterocycles. The summed E-state index contributed by atoms with van der Waals surface area (Å²) in [7, 11) is 3.04. The predicted molar refractivity (Wildman–Crippen MR) is 118 cm³/mol. The largest absolute Gasteiger partial charge is 0.383 e. The molecule has 5 atom stereocenters. The standard InChI is InChI=1S/C24H33NO7/c1-27-16-31-20-21(32-17-28-2)23(30-14-19-11-7-4-8-12-19)24(26,22(20)25)15-29-13-18-9-5-3-6-10-18/h3-12,20-23,26H,13-17,25H2,1-2H3/t20-,21-,22-,23-,24+/m1/s1. The van der Waals surface area contributed by atoms with Gasteiger partial charge in [-0.15, -0.1) is 0 Å². The Morgan fingerprint density at radius 2 is 1.31 bits per heavy atom. The third kappa shape index (κ3) is 6.12. The lowest BCUT2D eigenvalue weighted by molar-refractivity contribution is -0.194. The van der Waals surface area contributed by atoms with Gasteiger partial charge in [0.05, 0.1) is 25.9 Å². The van der Waals surface area contributed by atoms with E-state index in [1.807, 2.05) is 60.7 Å². The topological polar surface area (TPSA) is 102 Å². The number of aliphatic hydroxyl groups is 1. The van der Waals surface area contributed by atoms with Gasteiger partial charge in [-0.1, -0.05) is 60.7 Å². The second-order valence-electron chi connectivity index (χ2n) is 7.79. The molecule has 0 aliphatic heterocycles. The van der Waals surface area contributed by atoms with Crippen LogP contribution >= 0.6 is 0 Å². The SMILES string of the molecule is COCO[C@@H]1[C@@H](OCOC)[C@@H](OCc2ccccc2)[C@](O)(COCc2ccccc2)[C@@H]1N. The van der Waals surface area contributed by atoms with Crippen molar-refractivity contribution in [3.63, 3.8) is 0 Å². The third-order valence-electron chi connectivity index (χ3n) is 5.52. The van der Waals surface area contributed by atoms with Crippen molar-refractivity contribution in [2.24, 2.45) is 5.73 Å². The quantitative estimate of drug-likeness (QED) is 0.449. The summed E-state index contributed by atoms with van der Waals surface area (Å²) in [6.07, 6.45) is -2.18. The van der Waals surface area contributed by atoms with Crippen molar-refractivity contribution in [1.82, 2.24) is 0 Å². The fourth-order valence-electron chi connectivity index (χ4n) is 3.89. The van der Waals surface area contributed by atoms with E-state index in [2.05, 4.69) is 0 Å². The van der Waals surface area contributed by atoms with Gasteiger partial charge in [0.15, 0.2) is 0 Å². The number of methoxy groups -OCH3 is 2. The molecule has 32 heavy (non-hydrogen) atoms. The Labute approximate surface area is 189 Å². The van der Waals surface area contributed by atoms with Gasteiger partial charge >= 0.3 is 0 Å². The van der Waals surface area contributed by atoms with Gasteiger partial charge in [-0.25, -0.2) is 0 Å². The molecule has 0 heterocycles. The van der Waals surface area contributed by atoms with E-state index < -0.39 is 30.0 Å². The Hall–Kier alpha value is -1.88. The first-order valence-electron chi connectivity index (χ1n) is 10.6. The first kappa shape index (κ1) is 24.8. The van der Waals surface area contributed by atoms with E-state index in [1.54, 1.807) is 0 Å². The molecule has 176 valence electrons. The van der Waals surface area contributed by atoms with Crippen LogP contribution in [-0.4, -0.2) is 69.5 Å². The highest BCUT2D eigenvalue weighted by molar-refractivity contribution is 5.17. The second-order valence-corrected chi connectivity index (χ2v) is 7.79. The van der Waals surface area contributed by atoms with Gasteiger partial charge in [0.25, 0.3) is 0 Å². The molecule has 3 rings (SSSR count).